The smallest absolute Gasteiger partial charge is 0.256 e. The van der Waals surface area contributed by atoms with E-state index in [1.807, 2.05) is 0 Å². The van der Waals surface area contributed by atoms with E-state index in [1.54, 1.807) is 31.4 Å². The molecular formula is C12H15NO2S3. The maximum absolute atomic E-state index is 11.8. The van der Waals surface area contributed by atoms with Gasteiger partial charge in [-0.2, -0.15) is 12.6 Å². The Labute approximate surface area is 122 Å². The molecule has 1 aromatic carbocycles. The van der Waals surface area contributed by atoms with Crippen molar-refractivity contribution in [3.8, 4) is 5.75 Å². The van der Waals surface area contributed by atoms with Gasteiger partial charge in [0.05, 0.1) is 7.11 Å². The predicted octanol–water partition coefficient (Wildman–Crippen LogP) is 2.76. The molecule has 0 fully saturated rings. The quantitative estimate of drug-likeness (QED) is 0.498. The normalized spacial score (nSPS) is 9.89. The second kappa shape index (κ2) is 8.39. The molecule has 1 amide bonds. The van der Waals surface area contributed by atoms with E-state index in [0.29, 0.717) is 9.88 Å². The number of thiol groups is 1. The Balaban J connectivity index is 2.46. The van der Waals surface area contributed by atoms with Gasteiger partial charge < -0.3 is 10.1 Å². The zero-order valence-electron chi connectivity index (χ0n) is 10.0. The summed E-state index contributed by atoms with van der Waals surface area (Å²) in [6.45, 7) is 0. The van der Waals surface area contributed by atoms with Crippen molar-refractivity contribution >= 4 is 46.8 Å². The summed E-state index contributed by atoms with van der Waals surface area (Å²) < 4.78 is 5.52. The van der Waals surface area contributed by atoms with Crippen molar-refractivity contribution in [2.24, 2.45) is 0 Å². The first kappa shape index (κ1) is 15.3. The van der Waals surface area contributed by atoms with Crippen LogP contribution in [0, 0.1) is 0 Å². The van der Waals surface area contributed by atoms with Crippen molar-refractivity contribution in [3.05, 3.63) is 29.8 Å². The molecule has 0 aliphatic heterocycles. The number of ether oxygens (including phenoxy) is 1. The lowest BCUT2D eigenvalue weighted by molar-refractivity contribution is 0.0978. The summed E-state index contributed by atoms with van der Waals surface area (Å²) in [6, 6.07) is 6.89. The molecule has 0 atom stereocenters. The highest BCUT2D eigenvalue weighted by Crippen LogP contribution is 2.12. The minimum absolute atomic E-state index is 0.193. The van der Waals surface area contributed by atoms with E-state index < -0.39 is 0 Å². The molecule has 0 heterocycles. The number of methoxy groups -OCH3 is 1. The van der Waals surface area contributed by atoms with E-state index >= 15 is 0 Å². The van der Waals surface area contributed by atoms with Crippen LogP contribution in [0.4, 0.5) is 0 Å². The minimum atomic E-state index is -0.193. The van der Waals surface area contributed by atoms with Crippen molar-refractivity contribution in [3.63, 3.8) is 0 Å². The maximum Gasteiger partial charge on any atom is 0.256 e. The van der Waals surface area contributed by atoms with Crippen molar-refractivity contribution in [2.75, 3.05) is 18.6 Å². The van der Waals surface area contributed by atoms with Crippen LogP contribution in [-0.2, 0) is 0 Å². The van der Waals surface area contributed by atoms with E-state index in [1.165, 1.54) is 11.8 Å². The number of amides is 1. The Morgan fingerprint density at radius 3 is 2.67 bits per heavy atom. The fourth-order valence-electron chi connectivity index (χ4n) is 1.17. The molecule has 0 saturated heterocycles. The van der Waals surface area contributed by atoms with Gasteiger partial charge in [0.2, 0.25) is 0 Å². The highest BCUT2D eigenvalue weighted by atomic mass is 32.2. The van der Waals surface area contributed by atoms with E-state index in [9.17, 15) is 4.79 Å². The third-order valence-corrected chi connectivity index (χ3v) is 3.73. The van der Waals surface area contributed by atoms with Crippen LogP contribution in [-0.4, -0.2) is 28.8 Å². The van der Waals surface area contributed by atoms with Crippen molar-refractivity contribution in [1.29, 1.82) is 0 Å². The van der Waals surface area contributed by atoms with Crippen molar-refractivity contribution < 1.29 is 9.53 Å². The summed E-state index contributed by atoms with van der Waals surface area (Å²) in [5.41, 5.74) is 0.563. The van der Waals surface area contributed by atoms with Crippen LogP contribution in [0.2, 0.25) is 0 Å². The van der Waals surface area contributed by atoms with Gasteiger partial charge in [0.1, 0.15) is 10.1 Å². The van der Waals surface area contributed by atoms with Crippen LogP contribution in [0.25, 0.3) is 0 Å². The van der Waals surface area contributed by atoms with Crippen LogP contribution >= 0.6 is 36.6 Å². The van der Waals surface area contributed by atoms with Gasteiger partial charge in [-0.1, -0.05) is 24.0 Å². The Morgan fingerprint density at radius 1 is 1.44 bits per heavy atom. The molecule has 0 unspecified atom stereocenters. The van der Waals surface area contributed by atoms with Gasteiger partial charge in [0.25, 0.3) is 5.91 Å². The number of thiocarbonyl (C=S) groups is 1. The number of rotatable bonds is 5. The van der Waals surface area contributed by atoms with Crippen LogP contribution in [0.15, 0.2) is 24.3 Å². The van der Waals surface area contributed by atoms with Crippen LogP contribution in [0.1, 0.15) is 16.8 Å². The van der Waals surface area contributed by atoms with Crippen molar-refractivity contribution in [2.45, 2.75) is 6.42 Å². The van der Waals surface area contributed by atoms with E-state index in [-0.39, 0.29) is 5.91 Å². The zero-order chi connectivity index (χ0) is 13.4. The second-order valence-corrected chi connectivity index (χ2v) is 5.61. The van der Waals surface area contributed by atoms with Crippen LogP contribution in [0.3, 0.4) is 0 Å². The average Bonchev–Trinajstić information content (AvgIpc) is 2.39. The molecule has 0 saturated carbocycles. The third-order valence-electron chi connectivity index (χ3n) is 2.10. The maximum atomic E-state index is 11.8. The highest BCUT2D eigenvalue weighted by molar-refractivity contribution is 8.23. The Morgan fingerprint density at radius 2 is 2.11 bits per heavy atom. The molecule has 0 aliphatic rings. The molecule has 1 aromatic rings. The van der Waals surface area contributed by atoms with Gasteiger partial charge >= 0.3 is 0 Å². The lowest BCUT2D eigenvalue weighted by Crippen LogP contribution is -2.27. The minimum Gasteiger partial charge on any atom is -0.497 e. The molecule has 6 heteroatoms. The van der Waals surface area contributed by atoms with Gasteiger partial charge in [-0.05, 0) is 36.4 Å². The molecule has 0 bridgehead atoms. The summed E-state index contributed by atoms with van der Waals surface area (Å²) in [4.78, 5) is 11.8. The molecule has 0 aliphatic carbocycles. The molecule has 1 rings (SSSR count). The van der Waals surface area contributed by atoms with E-state index in [4.69, 9.17) is 17.0 Å². The van der Waals surface area contributed by atoms with Crippen LogP contribution in [0.5, 0.6) is 5.75 Å². The van der Waals surface area contributed by atoms with Gasteiger partial charge in [-0.3, -0.25) is 4.79 Å². The number of nitrogens with one attached hydrogen (secondary N) is 1. The van der Waals surface area contributed by atoms with Crippen molar-refractivity contribution in [1.82, 2.24) is 5.32 Å². The fraction of sp³-hybridized carbons (Fsp3) is 0.333. The van der Waals surface area contributed by atoms with Gasteiger partial charge in [-0.15, -0.1) is 0 Å². The first-order valence-corrected chi connectivity index (χ1v) is 7.43. The Hall–Kier alpha value is -0.720. The number of hydrogen-bond acceptors (Lipinski definition) is 5. The van der Waals surface area contributed by atoms with E-state index in [2.05, 4.69) is 17.9 Å². The number of benzene rings is 1. The Kier molecular flexibility index (Phi) is 7.15. The van der Waals surface area contributed by atoms with Gasteiger partial charge in [-0.25, -0.2) is 0 Å². The Bertz CT molecular complexity index is 406. The lowest BCUT2D eigenvalue weighted by Gasteiger charge is -2.06. The predicted molar refractivity (Wildman–Crippen MR) is 84.0 cm³/mol. The monoisotopic (exact) mass is 301 g/mol. The molecule has 98 valence electrons. The summed E-state index contributed by atoms with van der Waals surface area (Å²) in [5, 5.41) is 2.68. The highest BCUT2D eigenvalue weighted by Gasteiger charge is 2.07. The first-order chi connectivity index (χ1) is 8.67. The van der Waals surface area contributed by atoms with Crippen LogP contribution < -0.4 is 10.1 Å². The molecule has 0 spiro atoms. The van der Waals surface area contributed by atoms with Gasteiger partial charge in [0, 0.05) is 11.3 Å². The number of carbonyl (C=O) groups excluding carboxylic acids is 1. The molecule has 1 N–H and O–H groups in total. The van der Waals surface area contributed by atoms with Gasteiger partial charge in [0.15, 0.2) is 0 Å². The summed E-state index contributed by atoms with van der Waals surface area (Å²) >= 11 is 10.6. The largest absolute Gasteiger partial charge is 0.497 e. The lowest BCUT2D eigenvalue weighted by atomic mass is 10.2. The second-order valence-electron chi connectivity index (χ2n) is 3.40. The topological polar surface area (TPSA) is 38.3 Å². The zero-order valence-corrected chi connectivity index (χ0v) is 12.5. The molecule has 0 aromatic heterocycles. The number of hydrogen-bond donors (Lipinski definition) is 2. The number of thioether (sulfide) groups is 1. The SMILES string of the molecule is COc1ccc(C(=O)NC(=S)SCCCS)cc1. The third kappa shape index (κ3) is 5.29. The summed E-state index contributed by atoms with van der Waals surface area (Å²) in [6.07, 6.45) is 0.965. The molecule has 18 heavy (non-hydrogen) atoms. The molecule has 0 radical (unpaired) electrons. The van der Waals surface area contributed by atoms with E-state index in [0.717, 1.165) is 23.7 Å². The summed E-state index contributed by atoms with van der Waals surface area (Å²) in [5.74, 6) is 2.21. The standard InChI is InChI=1S/C12H15NO2S3/c1-15-10-5-3-9(4-6-10)11(14)13-12(17)18-8-2-7-16/h3-6,16H,2,7-8H2,1H3,(H,13,14,17). The first-order valence-electron chi connectivity index (χ1n) is 5.40. The average molecular weight is 301 g/mol. The molecular weight excluding hydrogens is 286 g/mol. The number of carbonyl (C=O) groups is 1. The fourth-order valence-corrected chi connectivity index (χ4v) is 2.53. The molecule has 3 nitrogen and oxygen atoms in total. The summed E-state index contributed by atoms with van der Waals surface area (Å²) in [7, 11) is 1.59.